The van der Waals surface area contributed by atoms with Crippen molar-refractivity contribution in [2.24, 2.45) is 5.73 Å². The Kier molecular flexibility index (Phi) is 8.29. The Morgan fingerprint density at radius 3 is 2.88 bits per heavy atom. The molecule has 1 atom stereocenters. The van der Waals surface area contributed by atoms with Gasteiger partial charge in [-0.05, 0) is 12.2 Å². The first-order chi connectivity index (χ1) is 7.61. The van der Waals surface area contributed by atoms with E-state index in [1.165, 1.54) is 18.9 Å². The lowest BCUT2D eigenvalue weighted by Gasteiger charge is -2.08. The molecule has 0 saturated carbocycles. The van der Waals surface area contributed by atoms with Crippen LogP contribution in [0.4, 0.5) is 0 Å². The molecule has 0 radical (unpaired) electrons. The van der Waals surface area contributed by atoms with E-state index in [1.54, 1.807) is 0 Å². The number of hydrogen-bond donors (Lipinski definition) is 2. The fraction of sp³-hybridized carbons (Fsp3) is 0.667. The van der Waals surface area contributed by atoms with E-state index in [-0.39, 0.29) is 18.2 Å². The van der Waals surface area contributed by atoms with Gasteiger partial charge in [-0.15, -0.1) is 0 Å². The first kappa shape index (κ1) is 14.7. The molecule has 0 aromatic carbocycles. The zero-order chi connectivity index (χ0) is 12.4. The number of carbonyl (C=O) groups is 2. The minimum atomic E-state index is -0.639. The van der Waals surface area contributed by atoms with Crippen LogP contribution < -0.4 is 11.1 Å². The Labute approximate surface area is 98.5 Å². The fourth-order valence-corrected chi connectivity index (χ4v) is 1.69. The van der Waals surface area contributed by atoms with Gasteiger partial charge in [-0.2, -0.15) is 17.0 Å². The molecule has 0 fully saturated rings. The van der Waals surface area contributed by atoms with E-state index in [2.05, 4.69) is 10.1 Å². The van der Waals surface area contributed by atoms with Crippen LogP contribution in [-0.4, -0.2) is 43.1 Å². The molecular weight excluding hydrogens is 230 g/mol. The number of ether oxygens (including phenoxy) is 1. The summed E-state index contributed by atoms with van der Waals surface area (Å²) < 4.78 is 4.45. The predicted molar refractivity (Wildman–Crippen MR) is 60.6 cm³/mol. The van der Waals surface area contributed by atoms with Gasteiger partial charge >= 0.3 is 5.97 Å². The highest BCUT2D eigenvalue weighted by atomic mass is 32.2. The monoisotopic (exact) mass is 245 g/mol. The molecule has 0 aromatic rings. The number of hydrogen-bond acceptors (Lipinski definition) is 6. The van der Waals surface area contributed by atoms with Crippen molar-refractivity contribution in [3.63, 3.8) is 0 Å². The fourth-order valence-electron chi connectivity index (χ4n) is 0.834. The molecule has 0 saturated heterocycles. The van der Waals surface area contributed by atoms with Gasteiger partial charge in [0.05, 0.1) is 18.9 Å². The average Bonchev–Trinajstić information content (AvgIpc) is 2.30. The molecule has 0 rings (SSSR count). The maximum Gasteiger partial charge on any atom is 0.322 e. The zero-order valence-electron chi connectivity index (χ0n) is 9.06. The molecule has 0 aliphatic heterocycles. The largest absolute Gasteiger partial charge is 0.468 e. The van der Waals surface area contributed by atoms with Crippen LogP contribution in [0.5, 0.6) is 0 Å². The second-order valence-corrected chi connectivity index (χ2v) is 4.01. The molecule has 0 bridgehead atoms. The van der Waals surface area contributed by atoms with Crippen LogP contribution in [0, 0.1) is 11.3 Å². The minimum absolute atomic E-state index is 0.0149. The summed E-state index contributed by atoms with van der Waals surface area (Å²) in [5, 5.41) is 10.6. The number of nitrogens with one attached hydrogen (secondary N) is 1. The molecule has 6 nitrogen and oxygen atoms in total. The van der Waals surface area contributed by atoms with Gasteiger partial charge in [0.25, 0.3) is 0 Å². The third kappa shape index (κ3) is 7.09. The summed E-state index contributed by atoms with van der Waals surface area (Å²) >= 11 is 1.36. The highest BCUT2D eigenvalue weighted by Gasteiger charge is 2.13. The number of nitrogens with zero attached hydrogens (tertiary/aromatic N) is 1. The lowest BCUT2D eigenvalue weighted by Crippen LogP contribution is -2.32. The Morgan fingerprint density at radius 1 is 1.62 bits per heavy atom. The molecule has 0 spiro atoms. The van der Waals surface area contributed by atoms with Gasteiger partial charge in [0.1, 0.15) is 12.6 Å². The van der Waals surface area contributed by atoms with Crippen molar-refractivity contribution in [1.82, 2.24) is 5.32 Å². The summed E-state index contributed by atoms with van der Waals surface area (Å²) in [4.78, 5) is 21.9. The topological polar surface area (TPSA) is 105 Å². The summed E-state index contributed by atoms with van der Waals surface area (Å²) in [5.74, 6) is 0.207. The van der Waals surface area contributed by atoms with Crippen LogP contribution in [0.25, 0.3) is 0 Å². The van der Waals surface area contributed by atoms with E-state index >= 15 is 0 Å². The number of methoxy groups -OCH3 is 1. The molecule has 1 unspecified atom stereocenters. The van der Waals surface area contributed by atoms with Crippen LogP contribution in [0.15, 0.2) is 0 Å². The van der Waals surface area contributed by atoms with Gasteiger partial charge in [0.2, 0.25) is 5.91 Å². The van der Waals surface area contributed by atoms with Gasteiger partial charge in [0.15, 0.2) is 0 Å². The summed E-state index contributed by atoms with van der Waals surface area (Å²) in [7, 11) is 1.28. The summed E-state index contributed by atoms with van der Waals surface area (Å²) in [6, 6.07) is 1.17. The zero-order valence-corrected chi connectivity index (χ0v) is 9.88. The molecule has 0 aromatic heterocycles. The molecule has 90 valence electrons. The lowest BCUT2D eigenvalue weighted by atomic mass is 10.2. The maximum absolute atomic E-state index is 11.0. The van der Waals surface area contributed by atoms with Crippen LogP contribution in [-0.2, 0) is 14.3 Å². The molecule has 1 amide bonds. The smallest absolute Gasteiger partial charge is 0.322 e. The molecule has 3 N–H and O–H groups in total. The standard InChI is InChI=1S/C9H15N3O3S/c1-15-9(14)7(11)2-5-16-6-8(13)12-4-3-10/h7H,2,4-6,11H2,1H3,(H,12,13). The van der Waals surface area contributed by atoms with E-state index < -0.39 is 12.0 Å². The number of amides is 1. The van der Waals surface area contributed by atoms with Crippen molar-refractivity contribution >= 4 is 23.6 Å². The van der Waals surface area contributed by atoms with E-state index in [4.69, 9.17) is 11.0 Å². The number of rotatable bonds is 7. The predicted octanol–water partition coefficient (Wildman–Crippen LogP) is -0.750. The summed E-state index contributed by atoms with van der Waals surface area (Å²) in [6.45, 7) is 0.0149. The van der Waals surface area contributed by atoms with E-state index in [0.29, 0.717) is 12.2 Å². The third-order valence-corrected chi connectivity index (χ3v) is 2.67. The van der Waals surface area contributed by atoms with Crippen molar-refractivity contribution in [3.8, 4) is 6.07 Å². The van der Waals surface area contributed by atoms with Gasteiger partial charge in [0, 0.05) is 0 Å². The molecule has 0 heterocycles. The van der Waals surface area contributed by atoms with Gasteiger partial charge in [-0.3, -0.25) is 9.59 Å². The van der Waals surface area contributed by atoms with Crippen molar-refractivity contribution in [3.05, 3.63) is 0 Å². The first-order valence-corrected chi connectivity index (χ1v) is 5.82. The summed E-state index contributed by atoms with van der Waals surface area (Å²) in [6.07, 6.45) is 0.461. The average molecular weight is 245 g/mol. The molecular formula is C9H15N3O3S. The summed E-state index contributed by atoms with van der Waals surface area (Å²) in [5.41, 5.74) is 5.49. The van der Waals surface area contributed by atoms with Crippen molar-refractivity contribution < 1.29 is 14.3 Å². The normalized spacial score (nSPS) is 11.3. The van der Waals surface area contributed by atoms with Gasteiger partial charge in [-0.25, -0.2) is 0 Å². The van der Waals surface area contributed by atoms with Crippen molar-refractivity contribution in [2.45, 2.75) is 12.5 Å². The maximum atomic E-state index is 11.0. The second kappa shape index (κ2) is 9.00. The molecule has 16 heavy (non-hydrogen) atoms. The van der Waals surface area contributed by atoms with Gasteiger partial charge in [-0.1, -0.05) is 0 Å². The minimum Gasteiger partial charge on any atom is -0.468 e. The molecule has 7 heteroatoms. The molecule has 0 aliphatic rings. The SMILES string of the molecule is COC(=O)C(N)CCSCC(=O)NCC#N. The Balaban J connectivity index is 3.50. The van der Waals surface area contributed by atoms with Crippen molar-refractivity contribution in [2.75, 3.05) is 25.2 Å². The van der Waals surface area contributed by atoms with Crippen molar-refractivity contribution in [1.29, 1.82) is 5.26 Å². The van der Waals surface area contributed by atoms with Crippen LogP contribution in [0.2, 0.25) is 0 Å². The quantitative estimate of drug-likeness (QED) is 0.347. The van der Waals surface area contributed by atoms with E-state index in [9.17, 15) is 9.59 Å². The Hall–Kier alpha value is -1.26. The number of carbonyl (C=O) groups excluding carboxylic acids is 2. The highest BCUT2D eigenvalue weighted by Crippen LogP contribution is 2.04. The lowest BCUT2D eigenvalue weighted by molar-refractivity contribution is -0.142. The van der Waals surface area contributed by atoms with Crippen LogP contribution >= 0.6 is 11.8 Å². The van der Waals surface area contributed by atoms with Gasteiger partial charge < -0.3 is 15.8 Å². The Morgan fingerprint density at radius 2 is 2.31 bits per heavy atom. The Bertz CT molecular complexity index is 278. The third-order valence-electron chi connectivity index (χ3n) is 1.67. The van der Waals surface area contributed by atoms with Crippen LogP contribution in [0.1, 0.15) is 6.42 Å². The number of esters is 1. The number of thioether (sulfide) groups is 1. The van der Waals surface area contributed by atoms with Crippen LogP contribution in [0.3, 0.4) is 0 Å². The number of nitrogens with two attached hydrogens (primary N) is 1. The highest BCUT2D eigenvalue weighted by molar-refractivity contribution is 7.99. The second-order valence-electron chi connectivity index (χ2n) is 2.91. The first-order valence-electron chi connectivity index (χ1n) is 4.66. The molecule has 0 aliphatic carbocycles. The van der Waals surface area contributed by atoms with E-state index in [1.807, 2.05) is 6.07 Å². The number of nitriles is 1. The van der Waals surface area contributed by atoms with E-state index in [0.717, 1.165) is 0 Å².